The minimum absolute atomic E-state index is 0.139. The molecule has 1 N–H and O–H groups in total. The van der Waals surface area contributed by atoms with E-state index in [2.05, 4.69) is 5.32 Å². The predicted molar refractivity (Wildman–Crippen MR) is 120 cm³/mol. The van der Waals surface area contributed by atoms with Crippen LogP contribution in [0.5, 0.6) is 5.75 Å². The highest BCUT2D eigenvalue weighted by molar-refractivity contribution is 7.09. The highest BCUT2D eigenvalue weighted by Gasteiger charge is 2.18. The molecule has 30 heavy (non-hydrogen) atoms. The van der Waals surface area contributed by atoms with Crippen molar-refractivity contribution in [1.82, 2.24) is 10.2 Å². The van der Waals surface area contributed by atoms with Crippen molar-refractivity contribution in [3.63, 3.8) is 0 Å². The zero-order valence-electron chi connectivity index (χ0n) is 16.2. The number of methoxy groups -OCH3 is 1. The topological polar surface area (TPSA) is 58.6 Å². The first-order chi connectivity index (χ1) is 14.5. The molecule has 1 heterocycles. The number of amides is 2. The number of hydrogen-bond donors (Lipinski definition) is 1. The Balaban J connectivity index is 1.71. The van der Waals surface area contributed by atoms with Crippen LogP contribution in [0.25, 0.3) is 0 Å². The Hall–Kier alpha value is -2.54. The molecule has 0 aliphatic heterocycles. The van der Waals surface area contributed by atoms with Crippen molar-refractivity contribution in [2.24, 2.45) is 0 Å². The maximum absolute atomic E-state index is 13.0. The highest BCUT2D eigenvalue weighted by Crippen LogP contribution is 2.23. The lowest BCUT2D eigenvalue weighted by Gasteiger charge is -2.23. The van der Waals surface area contributed by atoms with Crippen molar-refractivity contribution < 1.29 is 14.3 Å². The number of nitrogens with one attached hydrogen (secondary N) is 1. The van der Waals surface area contributed by atoms with E-state index in [1.165, 1.54) is 6.07 Å². The summed E-state index contributed by atoms with van der Waals surface area (Å²) in [6.45, 7) is 0.667. The van der Waals surface area contributed by atoms with Crippen molar-refractivity contribution >= 4 is 46.4 Å². The molecule has 0 bridgehead atoms. The van der Waals surface area contributed by atoms with E-state index in [9.17, 15) is 9.59 Å². The summed E-state index contributed by atoms with van der Waals surface area (Å²) in [4.78, 5) is 28.1. The van der Waals surface area contributed by atoms with E-state index in [0.717, 1.165) is 10.4 Å². The van der Waals surface area contributed by atoms with Gasteiger partial charge in [0.25, 0.3) is 5.91 Å². The molecule has 8 heteroatoms. The lowest BCUT2D eigenvalue weighted by Crippen LogP contribution is -2.39. The molecule has 0 spiro atoms. The largest absolute Gasteiger partial charge is 0.496 e. The van der Waals surface area contributed by atoms with Crippen LogP contribution in [0.4, 0.5) is 0 Å². The van der Waals surface area contributed by atoms with Crippen LogP contribution >= 0.6 is 34.5 Å². The number of halogens is 2. The number of carbonyl (C=O) groups is 2. The van der Waals surface area contributed by atoms with Crippen LogP contribution in [0.1, 0.15) is 20.8 Å². The Labute approximate surface area is 189 Å². The monoisotopic (exact) mass is 462 g/mol. The summed E-state index contributed by atoms with van der Waals surface area (Å²) >= 11 is 13.4. The summed E-state index contributed by atoms with van der Waals surface area (Å²) < 4.78 is 5.41. The number of hydrogen-bond acceptors (Lipinski definition) is 4. The van der Waals surface area contributed by atoms with Crippen molar-refractivity contribution in [1.29, 1.82) is 0 Å². The molecule has 0 saturated carbocycles. The summed E-state index contributed by atoms with van der Waals surface area (Å²) in [5.74, 6) is 0.110. The highest BCUT2D eigenvalue weighted by atomic mass is 35.5. The first-order valence-corrected chi connectivity index (χ1v) is 10.8. The Bertz CT molecular complexity index is 1020. The molecule has 0 fully saturated rings. The van der Waals surface area contributed by atoms with Crippen LogP contribution in [0, 0.1) is 0 Å². The van der Waals surface area contributed by atoms with E-state index < -0.39 is 5.91 Å². The third-order valence-electron chi connectivity index (χ3n) is 4.42. The van der Waals surface area contributed by atoms with Gasteiger partial charge in [-0.15, -0.1) is 11.3 Å². The maximum atomic E-state index is 13.0. The Morgan fingerprint density at radius 1 is 1.03 bits per heavy atom. The van der Waals surface area contributed by atoms with Gasteiger partial charge >= 0.3 is 0 Å². The first kappa shape index (κ1) is 22.2. The van der Waals surface area contributed by atoms with Gasteiger partial charge in [0.1, 0.15) is 5.75 Å². The summed E-state index contributed by atoms with van der Waals surface area (Å²) in [5, 5.41) is 5.27. The molecule has 0 atom stereocenters. The molecule has 0 saturated heterocycles. The fourth-order valence-electron chi connectivity index (χ4n) is 2.87. The molecular weight excluding hydrogens is 443 g/mol. The number of thiophene rings is 1. The first-order valence-electron chi connectivity index (χ1n) is 9.13. The van der Waals surface area contributed by atoms with Crippen LogP contribution in [0.15, 0.2) is 60.0 Å². The molecule has 156 valence electrons. The molecule has 2 aromatic carbocycles. The molecule has 5 nitrogen and oxygen atoms in total. The summed E-state index contributed by atoms with van der Waals surface area (Å²) in [6.07, 6.45) is 0. The Morgan fingerprint density at radius 2 is 1.83 bits per heavy atom. The zero-order chi connectivity index (χ0) is 21.5. The lowest BCUT2D eigenvalue weighted by atomic mass is 10.2. The van der Waals surface area contributed by atoms with E-state index >= 15 is 0 Å². The Morgan fingerprint density at radius 3 is 2.53 bits per heavy atom. The van der Waals surface area contributed by atoms with Crippen LogP contribution in [0.3, 0.4) is 0 Å². The fraction of sp³-hybridized carbons (Fsp3) is 0.182. The van der Waals surface area contributed by atoms with E-state index in [1.807, 2.05) is 41.8 Å². The van der Waals surface area contributed by atoms with Crippen LogP contribution in [-0.2, 0) is 17.9 Å². The average Bonchev–Trinajstić information content (AvgIpc) is 3.26. The van der Waals surface area contributed by atoms with Gasteiger partial charge in [-0.2, -0.15) is 0 Å². The van der Waals surface area contributed by atoms with Gasteiger partial charge < -0.3 is 15.0 Å². The van der Waals surface area contributed by atoms with E-state index in [1.54, 1.807) is 35.5 Å². The van der Waals surface area contributed by atoms with E-state index in [-0.39, 0.29) is 17.5 Å². The number of para-hydroxylation sites is 1. The SMILES string of the molecule is COc1ccccc1CN(Cc1cccs1)C(=O)CNC(=O)c1ccc(Cl)c(Cl)c1. The van der Waals surface area contributed by atoms with Gasteiger partial charge in [0.15, 0.2) is 0 Å². The third kappa shape index (κ3) is 5.75. The molecule has 0 aliphatic rings. The minimum atomic E-state index is -0.393. The zero-order valence-corrected chi connectivity index (χ0v) is 18.6. The normalized spacial score (nSPS) is 10.5. The van der Waals surface area contributed by atoms with Gasteiger partial charge in [0.05, 0.1) is 30.2 Å². The number of carbonyl (C=O) groups excluding carboxylic acids is 2. The molecule has 0 unspecified atom stereocenters. The van der Waals surface area contributed by atoms with E-state index in [0.29, 0.717) is 29.4 Å². The summed E-state index contributed by atoms with van der Waals surface area (Å²) in [5.41, 5.74) is 1.23. The van der Waals surface area contributed by atoms with Crippen LogP contribution < -0.4 is 10.1 Å². The number of benzene rings is 2. The summed E-state index contributed by atoms with van der Waals surface area (Å²) in [6, 6.07) is 16.1. The molecule has 3 aromatic rings. The second-order valence-corrected chi connectivity index (χ2v) is 8.30. The standard InChI is InChI=1S/C22H20Cl2N2O3S/c1-29-20-7-3-2-5-16(20)13-26(14-17-6-4-10-30-17)21(27)12-25-22(28)15-8-9-18(23)19(24)11-15/h2-11H,12-14H2,1H3,(H,25,28). The fourth-order valence-corrected chi connectivity index (χ4v) is 3.89. The Kier molecular flexibility index (Phi) is 7.74. The number of rotatable bonds is 8. The van der Waals surface area contributed by atoms with Crippen molar-refractivity contribution in [3.8, 4) is 5.75 Å². The van der Waals surface area contributed by atoms with Gasteiger partial charge in [-0.05, 0) is 35.7 Å². The molecule has 3 rings (SSSR count). The van der Waals surface area contributed by atoms with Gasteiger partial charge in [-0.25, -0.2) is 0 Å². The molecular formula is C22H20Cl2N2O3S. The summed E-state index contributed by atoms with van der Waals surface area (Å²) in [7, 11) is 1.60. The predicted octanol–water partition coefficient (Wildman–Crippen LogP) is 5.02. The van der Waals surface area contributed by atoms with Crippen LogP contribution in [-0.4, -0.2) is 30.4 Å². The van der Waals surface area contributed by atoms with Crippen LogP contribution in [0.2, 0.25) is 10.0 Å². The molecule has 2 amide bonds. The smallest absolute Gasteiger partial charge is 0.251 e. The van der Waals surface area contributed by atoms with Crippen molar-refractivity contribution in [2.45, 2.75) is 13.1 Å². The van der Waals surface area contributed by atoms with Gasteiger partial charge in [0.2, 0.25) is 5.91 Å². The van der Waals surface area contributed by atoms with E-state index in [4.69, 9.17) is 27.9 Å². The number of ether oxygens (including phenoxy) is 1. The second kappa shape index (κ2) is 10.5. The maximum Gasteiger partial charge on any atom is 0.251 e. The van der Waals surface area contributed by atoms with Gasteiger partial charge in [-0.1, -0.05) is 47.5 Å². The average molecular weight is 463 g/mol. The third-order valence-corrected chi connectivity index (χ3v) is 6.02. The number of nitrogens with zero attached hydrogens (tertiary/aromatic N) is 1. The molecule has 1 aromatic heterocycles. The van der Waals surface area contributed by atoms with Gasteiger partial charge in [-0.3, -0.25) is 9.59 Å². The van der Waals surface area contributed by atoms with Gasteiger partial charge in [0, 0.05) is 22.5 Å². The second-order valence-electron chi connectivity index (χ2n) is 6.45. The van der Waals surface area contributed by atoms with Crippen molar-refractivity contribution in [3.05, 3.63) is 86.0 Å². The lowest BCUT2D eigenvalue weighted by molar-refractivity contribution is -0.131. The van der Waals surface area contributed by atoms with Crippen molar-refractivity contribution in [2.75, 3.05) is 13.7 Å². The molecule has 0 radical (unpaired) electrons. The quantitative estimate of drug-likeness (QED) is 0.510. The molecule has 0 aliphatic carbocycles. The minimum Gasteiger partial charge on any atom is -0.496 e.